The Kier molecular flexibility index (Phi) is 5.11. The van der Waals surface area contributed by atoms with E-state index in [0.717, 1.165) is 31.6 Å². The number of ether oxygens (including phenoxy) is 1. The van der Waals surface area contributed by atoms with Gasteiger partial charge in [0.25, 0.3) is 0 Å². The van der Waals surface area contributed by atoms with Gasteiger partial charge in [-0.2, -0.15) is 0 Å². The predicted octanol–water partition coefficient (Wildman–Crippen LogP) is 4.01. The summed E-state index contributed by atoms with van der Waals surface area (Å²) in [5.41, 5.74) is 6.69. The van der Waals surface area contributed by atoms with Gasteiger partial charge in [0.1, 0.15) is 5.60 Å². The van der Waals surface area contributed by atoms with E-state index >= 15 is 0 Å². The lowest BCUT2D eigenvalue weighted by Gasteiger charge is -2.30. The summed E-state index contributed by atoms with van der Waals surface area (Å²) in [6, 6.07) is 6.58. The Balaban J connectivity index is 1.61. The van der Waals surface area contributed by atoms with Crippen LogP contribution in [0, 0.1) is 0 Å². The van der Waals surface area contributed by atoms with Gasteiger partial charge in [-0.25, -0.2) is 15.2 Å². The van der Waals surface area contributed by atoms with Crippen LogP contribution in [0.5, 0.6) is 0 Å². The van der Waals surface area contributed by atoms with Gasteiger partial charge in [0.2, 0.25) is 0 Å². The van der Waals surface area contributed by atoms with Gasteiger partial charge in [-0.3, -0.25) is 5.32 Å². The van der Waals surface area contributed by atoms with Crippen LogP contribution in [0.1, 0.15) is 63.6 Å². The van der Waals surface area contributed by atoms with Gasteiger partial charge in [0.05, 0.1) is 0 Å². The van der Waals surface area contributed by atoms with Gasteiger partial charge in [-0.05, 0) is 69.7 Å². The van der Waals surface area contributed by atoms with Crippen molar-refractivity contribution in [1.82, 2.24) is 10.4 Å². The maximum atomic E-state index is 11.9. The Hall–Kier alpha value is -1.59. The van der Waals surface area contributed by atoms with E-state index in [-0.39, 0.29) is 0 Å². The van der Waals surface area contributed by atoms with E-state index in [1.54, 1.807) is 0 Å². The van der Waals surface area contributed by atoms with E-state index in [4.69, 9.17) is 4.74 Å². The normalized spacial score (nSPS) is 21.4. The van der Waals surface area contributed by atoms with Gasteiger partial charge >= 0.3 is 6.09 Å². The summed E-state index contributed by atoms with van der Waals surface area (Å²) in [6.45, 7) is 7.89. The molecule has 1 aromatic carbocycles. The molecule has 1 unspecified atom stereocenters. The number of fused-ring (bicyclic) bond motifs is 1. The van der Waals surface area contributed by atoms with Crippen LogP contribution in [-0.2, 0) is 11.2 Å². The van der Waals surface area contributed by atoms with Crippen molar-refractivity contribution in [3.8, 4) is 0 Å². The second kappa shape index (κ2) is 7.11. The Labute approximate surface area is 144 Å². The van der Waals surface area contributed by atoms with E-state index in [1.165, 1.54) is 30.4 Å². The zero-order valence-electron chi connectivity index (χ0n) is 15.0. The lowest BCUT2D eigenvalue weighted by molar-refractivity contribution is 0.0636. The molecule has 24 heavy (non-hydrogen) atoms. The molecule has 1 aliphatic heterocycles. The number of anilines is 1. The molecule has 1 aromatic rings. The van der Waals surface area contributed by atoms with Crippen LogP contribution in [-0.4, -0.2) is 29.8 Å². The number of nitrogens with zero attached hydrogens (tertiary/aromatic N) is 1. The number of benzene rings is 1. The monoisotopic (exact) mass is 331 g/mol. The molecule has 5 nitrogen and oxygen atoms in total. The number of aryl methyl sites for hydroxylation is 1. The molecule has 0 saturated carbocycles. The Morgan fingerprint density at radius 1 is 1.21 bits per heavy atom. The molecule has 1 fully saturated rings. The first-order valence-electron chi connectivity index (χ1n) is 9.05. The second-order valence-corrected chi connectivity index (χ2v) is 7.81. The lowest BCUT2D eigenvalue weighted by atomic mass is 10.1. The van der Waals surface area contributed by atoms with Crippen molar-refractivity contribution >= 4 is 11.8 Å². The molecule has 2 aliphatic rings. The van der Waals surface area contributed by atoms with Crippen molar-refractivity contribution < 1.29 is 9.53 Å². The molecule has 0 spiro atoms. The molecular formula is C19H29N3O2. The lowest BCUT2D eigenvalue weighted by Crippen LogP contribution is -2.43. The highest BCUT2D eigenvalue weighted by molar-refractivity contribution is 5.85. The highest BCUT2D eigenvalue weighted by atomic mass is 16.6. The molecule has 132 valence electrons. The van der Waals surface area contributed by atoms with Crippen molar-refractivity contribution in [2.24, 2.45) is 0 Å². The van der Waals surface area contributed by atoms with Crippen molar-refractivity contribution in [2.75, 3.05) is 18.4 Å². The average Bonchev–Trinajstić information content (AvgIpc) is 2.89. The number of carbonyl (C=O) groups is 1. The zero-order chi connectivity index (χ0) is 17.2. The van der Waals surface area contributed by atoms with Crippen LogP contribution in [0.3, 0.4) is 0 Å². The molecule has 5 heteroatoms. The first-order chi connectivity index (χ1) is 11.4. The molecule has 1 saturated heterocycles. The maximum absolute atomic E-state index is 11.9. The first kappa shape index (κ1) is 17.2. The molecule has 1 heterocycles. The Morgan fingerprint density at radius 3 is 2.67 bits per heavy atom. The summed E-state index contributed by atoms with van der Waals surface area (Å²) in [7, 11) is 0. The van der Waals surface area contributed by atoms with E-state index in [0.29, 0.717) is 6.04 Å². The summed E-state index contributed by atoms with van der Waals surface area (Å²) in [5.74, 6) is 0. The third-order valence-electron chi connectivity index (χ3n) is 4.56. The van der Waals surface area contributed by atoms with Crippen LogP contribution in [0.4, 0.5) is 10.5 Å². The van der Waals surface area contributed by atoms with E-state index in [9.17, 15) is 4.79 Å². The van der Waals surface area contributed by atoms with Gasteiger partial charge < -0.3 is 4.74 Å². The third-order valence-corrected chi connectivity index (χ3v) is 4.56. The minimum Gasteiger partial charge on any atom is -0.444 e. The summed E-state index contributed by atoms with van der Waals surface area (Å²) < 4.78 is 5.31. The van der Waals surface area contributed by atoms with Crippen molar-refractivity contribution in [2.45, 2.75) is 64.5 Å². The minimum atomic E-state index is -0.482. The Morgan fingerprint density at radius 2 is 1.96 bits per heavy atom. The van der Waals surface area contributed by atoms with Gasteiger partial charge in [-0.15, -0.1) is 0 Å². The highest BCUT2D eigenvalue weighted by Crippen LogP contribution is 2.33. The largest absolute Gasteiger partial charge is 0.444 e. The molecule has 0 radical (unpaired) electrons. The topological polar surface area (TPSA) is 53.6 Å². The van der Waals surface area contributed by atoms with Crippen molar-refractivity contribution in [1.29, 1.82) is 0 Å². The number of hydrazine groups is 1. The molecule has 2 N–H and O–H groups in total. The summed E-state index contributed by atoms with van der Waals surface area (Å²) in [5, 5.41) is 5.20. The summed E-state index contributed by atoms with van der Waals surface area (Å²) in [6.07, 6.45) is 5.67. The quantitative estimate of drug-likeness (QED) is 0.878. The van der Waals surface area contributed by atoms with Crippen molar-refractivity contribution in [3.05, 3.63) is 29.3 Å². The van der Waals surface area contributed by atoms with Crippen LogP contribution >= 0.6 is 0 Å². The number of hydrogen-bond donors (Lipinski definition) is 2. The SMILES string of the molecule is CC(C)(C)OC(=O)Nc1ccc2c(c1)CCC2NN1CCCCC1. The molecule has 1 aliphatic carbocycles. The van der Waals surface area contributed by atoms with Crippen LogP contribution in [0.2, 0.25) is 0 Å². The molecule has 1 atom stereocenters. The molecule has 3 rings (SSSR count). The molecule has 0 bridgehead atoms. The number of piperidine rings is 1. The average molecular weight is 331 g/mol. The van der Waals surface area contributed by atoms with Crippen LogP contribution in [0.15, 0.2) is 18.2 Å². The van der Waals surface area contributed by atoms with Gasteiger partial charge in [-0.1, -0.05) is 12.5 Å². The van der Waals surface area contributed by atoms with E-state index in [1.807, 2.05) is 26.8 Å². The fraction of sp³-hybridized carbons (Fsp3) is 0.632. The number of rotatable bonds is 3. The molecular weight excluding hydrogens is 302 g/mol. The van der Waals surface area contributed by atoms with Gasteiger partial charge in [0.15, 0.2) is 0 Å². The second-order valence-electron chi connectivity index (χ2n) is 7.81. The minimum absolute atomic E-state index is 0.397. The molecule has 0 aromatic heterocycles. The van der Waals surface area contributed by atoms with E-state index < -0.39 is 11.7 Å². The molecule has 1 amide bonds. The fourth-order valence-corrected chi connectivity index (χ4v) is 3.49. The number of nitrogens with one attached hydrogen (secondary N) is 2. The van der Waals surface area contributed by atoms with Crippen molar-refractivity contribution in [3.63, 3.8) is 0 Å². The Bertz CT molecular complexity index is 589. The van der Waals surface area contributed by atoms with E-state index in [2.05, 4.69) is 27.9 Å². The number of carbonyl (C=O) groups excluding carboxylic acids is 1. The summed E-state index contributed by atoms with van der Waals surface area (Å²) in [4.78, 5) is 11.9. The smallest absolute Gasteiger partial charge is 0.412 e. The highest BCUT2D eigenvalue weighted by Gasteiger charge is 2.25. The number of amides is 1. The number of hydrogen-bond acceptors (Lipinski definition) is 4. The van der Waals surface area contributed by atoms with Gasteiger partial charge in [0, 0.05) is 24.8 Å². The van der Waals surface area contributed by atoms with Crippen LogP contribution < -0.4 is 10.7 Å². The maximum Gasteiger partial charge on any atom is 0.412 e. The predicted molar refractivity (Wildman–Crippen MR) is 95.9 cm³/mol. The zero-order valence-corrected chi connectivity index (χ0v) is 15.0. The standard InChI is InChI=1S/C19H29N3O2/c1-19(2,3)24-18(23)20-15-8-9-16-14(13-15)7-10-17(16)21-22-11-5-4-6-12-22/h8-9,13,17,21H,4-7,10-12H2,1-3H3,(H,20,23). The van der Waals surface area contributed by atoms with Crippen LogP contribution in [0.25, 0.3) is 0 Å². The summed E-state index contributed by atoms with van der Waals surface area (Å²) >= 11 is 0. The first-order valence-corrected chi connectivity index (χ1v) is 9.05. The third kappa shape index (κ3) is 4.48. The fourth-order valence-electron chi connectivity index (χ4n) is 3.49.